The van der Waals surface area contributed by atoms with Crippen molar-refractivity contribution in [1.29, 1.82) is 0 Å². The zero-order valence-electron chi connectivity index (χ0n) is 14.2. The van der Waals surface area contributed by atoms with Gasteiger partial charge in [-0.15, -0.1) is 0 Å². The summed E-state index contributed by atoms with van der Waals surface area (Å²) in [7, 11) is -3.61. The fraction of sp³-hybridized carbons (Fsp3) is 0.444. The lowest BCUT2D eigenvalue weighted by Crippen LogP contribution is -2.42. The van der Waals surface area contributed by atoms with Crippen LogP contribution in [0.4, 0.5) is 0 Å². The van der Waals surface area contributed by atoms with Gasteiger partial charge in [-0.05, 0) is 55.6 Å². The topological polar surface area (TPSA) is 88.6 Å². The average molecular weight is 363 g/mol. The Morgan fingerprint density at radius 2 is 1.88 bits per heavy atom. The van der Waals surface area contributed by atoms with E-state index in [4.69, 9.17) is 9.56 Å². The Labute approximate surface area is 149 Å². The minimum Gasteiger partial charge on any atom is -0.468 e. The Kier molecular flexibility index (Phi) is 5.90. The summed E-state index contributed by atoms with van der Waals surface area (Å²) in [4.78, 5) is 2.58. The number of piperidine rings is 1. The molecule has 25 heavy (non-hydrogen) atoms. The summed E-state index contributed by atoms with van der Waals surface area (Å²) in [5.74, 6) is 1.02. The molecule has 0 amide bonds. The maximum atomic E-state index is 11.2. The van der Waals surface area contributed by atoms with Gasteiger partial charge in [-0.2, -0.15) is 0 Å². The molecule has 0 saturated carbocycles. The normalized spacial score (nSPS) is 17.0. The van der Waals surface area contributed by atoms with Crippen LogP contribution in [0.1, 0.15) is 24.2 Å². The van der Waals surface area contributed by atoms with Crippen molar-refractivity contribution < 1.29 is 12.8 Å². The van der Waals surface area contributed by atoms with E-state index in [1.165, 1.54) is 0 Å². The summed E-state index contributed by atoms with van der Waals surface area (Å²) >= 11 is 0. The fourth-order valence-electron chi connectivity index (χ4n) is 3.18. The number of hydrogen-bond donors (Lipinski definition) is 2. The SMILES string of the molecule is NS(=O)(=O)c1ccc(CCNC2CCN(Cc3ccco3)CC2)cc1. The molecule has 2 heterocycles. The lowest BCUT2D eigenvalue weighted by molar-refractivity contribution is 0.179. The zero-order chi connectivity index (χ0) is 17.7. The fourth-order valence-corrected chi connectivity index (χ4v) is 3.70. The van der Waals surface area contributed by atoms with Crippen molar-refractivity contribution in [1.82, 2.24) is 10.2 Å². The molecule has 136 valence electrons. The van der Waals surface area contributed by atoms with Crippen LogP contribution in [0.15, 0.2) is 52.0 Å². The van der Waals surface area contributed by atoms with E-state index in [0.29, 0.717) is 6.04 Å². The molecular weight excluding hydrogens is 338 g/mol. The molecular formula is C18H25N3O3S. The van der Waals surface area contributed by atoms with Crippen LogP contribution in [0.25, 0.3) is 0 Å². The molecule has 0 bridgehead atoms. The molecule has 0 spiro atoms. The third kappa shape index (κ3) is 5.40. The largest absolute Gasteiger partial charge is 0.468 e. The van der Waals surface area contributed by atoms with Crippen LogP contribution in [0.3, 0.4) is 0 Å². The molecule has 1 aliphatic heterocycles. The van der Waals surface area contributed by atoms with Crippen molar-refractivity contribution in [3.63, 3.8) is 0 Å². The first-order valence-corrected chi connectivity index (χ1v) is 10.2. The number of hydrogen-bond acceptors (Lipinski definition) is 5. The third-order valence-corrected chi connectivity index (χ3v) is 5.57. The first-order chi connectivity index (χ1) is 12.0. The number of sulfonamides is 1. The minimum atomic E-state index is -3.61. The Balaban J connectivity index is 1.37. The lowest BCUT2D eigenvalue weighted by atomic mass is 10.0. The van der Waals surface area contributed by atoms with Crippen LogP contribution >= 0.6 is 0 Å². The molecule has 1 aromatic heterocycles. The number of furan rings is 1. The van der Waals surface area contributed by atoms with Crippen LogP contribution in [-0.4, -0.2) is 39.0 Å². The molecule has 3 N–H and O–H groups in total. The first kappa shape index (κ1) is 18.1. The van der Waals surface area contributed by atoms with Crippen LogP contribution < -0.4 is 10.5 Å². The Morgan fingerprint density at radius 3 is 2.48 bits per heavy atom. The molecule has 0 atom stereocenters. The molecule has 0 aliphatic carbocycles. The smallest absolute Gasteiger partial charge is 0.238 e. The van der Waals surface area contributed by atoms with E-state index < -0.39 is 10.0 Å². The highest BCUT2D eigenvalue weighted by atomic mass is 32.2. The minimum absolute atomic E-state index is 0.160. The van der Waals surface area contributed by atoms with E-state index in [1.807, 2.05) is 24.3 Å². The summed E-state index contributed by atoms with van der Waals surface area (Å²) in [6.07, 6.45) is 4.85. The molecule has 3 rings (SSSR count). The molecule has 0 radical (unpaired) electrons. The second-order valence-electron chi connectivity index (χ2n) is 6.52. The van der Waals surface area contributed by atoms with Gasteiger partial charge in [0, 0.05) is 19.1 Å². The summed E-state index contributed by atoms with van der Waals surface area (Å²) in [5, 5.41) is 8.71. The molecule has 0 unspecified atom stereocenters. The van der Waals surface area contributed by atoms with Gasteiger partial charge in [0.1, 0.15) is 5.76 Å². The number of rotatable bonds is 7. The van der Waals surface area contributed by atoms with Crippen molar-refractivity contribution in [2.75, 3.05) is 19.6 Å². The summed E-state index contributed by atoms with van der Waals surface area (Å²) in [6, 6.07) is 11.3. The number of primary sulfonamides is 1. The number of benzene rings is 1. The van der Waals surface area contributed by atoms with Crippen molar-refractivity contribution in [2.24, 2.45) is 5.14 Å². The molecule has 1 aromatic carbocycles. The second-order valence-corrected chi connectivity index (χ2v) is 8.08. The van der Waals surface area contributed by atoms with Gasteiger partial charge in [0.05, 0.1) is 17.7 Å². The zero-order valence-corrected chi connectivity index (χ0v) is 15.0. The van der Waals surface area contributed by atoms with Gasteiger partial charge in [0.25, 0.3) is 0 Å². The van der Waals surface area contributed by atoms with Crippen molar-refractivity contribution in [3.8, 4) is 0 Å². The van der Waals surface area contributed by atoms with E-state index in [2.05, 4.69) is 10.2 Å². The van der Waals surface area contributed by atoms with Crippen LogP contribution in [0.2, 0.25) is 0 Å². The first-order valence-electron chi connectivity index (χ1n) is 8.60. The maximum absolute atomic E-state index is 11.2. The van der Waals surface area contributed by atoms with Gasteiger partial charge in [0.2, 0.25) is 10.0 Å². The maximum Gasteiger partial charge on any atom is 0.238 e. The van der Waals surface area contributed by atoms with Crippen LogP contribution in [0.5, 0.6) is 0 Å². The van der Waals surface area contributed by atoms with E-state index in [1.54, 1.807) is 18.4 Å². The molecule has 6 nitrogen and oxygen atoms in total. The highest BCUT2D eigenvalue weighted by Crippen LogP contribution is 2.14. The van der Waals surface area contributed by atoms with Crippen molar-refractivity contribution in [2.45, 2.75) is 36.7 Å². The van der Waals surface area contributed by atoms with Crippen molar-refractivity contribution >= 4 is 10.0 Å². The van der Waals surface area contributed by atoms with Crippen LogP contribution in [-0.2, 0) is 23.0 Å². The summed E-state index contributed by atoms with van der Waals surface area (Å²) in [5.41, 5.74) is 1.11. The lowest BCUT2D eigenvalue weighted by Gasteiger charge is -2.31. The Hall–Kier alpha value is -1.67. The molecule has 2 aromatic rings. The molecule has 1 aliphatic rings. The average Bonchev–Trinajstić information content (AvgIpc) is 3.09. The van der Waals surface area contributed by atoms with E-state index in [-0.39, 0.29) is 4.90 Å². The standard InChI is InChI=1S/C18H25N3O3S/c19-25(22,23)18-5-3-15(4-6-18)7-10-20-16-8-11-21(12-9-16)14-17-2-1-13-24-17/h1-6,13,16,20H,7-12,14H2,(H2,19,22,23). The molecule has 7 heteroatoms. The van der Waals surface area contributed by atoms with Gasteiger partial charge >= 0.3 is 0 Å². The van der Waals surface area contributed by atoms with E-state index >= 15 is 0 Å². The van der Waals surface area contributed by atoms with Gasteiger partial charge in [-0.3, -0.25) is 4.90 Å². The van der Waals surface area contributed by atoms with E-state index in [9.17, 15) is 8.42 Å². The quantitative estimate of drug-likeness (QED) is 0.782. The van der Waals surface area contributed by atoms with Gasteiger partial charge in [-0.25, -0.2) is 13.6 Å². The van der Waals surface area contributed by atoms with Crippen molar-refractivity contribution in [3.05, 3.63) is 54.0 Å². The predicted molar refractivity (Wildman–Crippen MR) is 96.5 cm³/mol. The Bertz CT molecular complexity index is 749. The number of nitrogens with one attached hydrogen (secondary N) is 1. The van der Waals surface area contributed by atoms with Gasteiger partial charge < -0.3 is 9.73 Å². The summed E-state index contributed by atoms with van der Waals surface area (Å²) in [6.45, 7) is 3.91. The monoisotopic (exact) mass is 363 g/mol. The highest BCUT2D eigenvalue weighted by molar-refractivity contribution is 7.89. The molecule has 1 fully saturated rings. The summed E-state index contributed by atoms with van der Waals surface area (Å²) < 4.78 is 27.9. The van der Waals surface area contributed by atoms with Gasteiger partial charge in [0.15, 0.2) is 0 Å². The number of nitrogens with two attached hydrogens (primary N) is 1. The molecule has 1 saturated heterocycles. The van der Waals surface area contributed by atoms with E-state index in [0.717, 1.165) is 56.8 Å². The van der Waals surface area contributed by atoms with Gasteiger partial charge in [-0.1, -0.05) is 12.1 Å². The number of nitrogens with zero attached hydrogens (tertiary/aromatic N) is 1. The number of likely N-dealkylation sites (tertiary alicyclic amines) is 1. The highest BCUT2D eigenvalue weighted by Gasteiger charge is 2.19. The third-order valence-electron chi connectivity index (χ3n) is 4.65. The second kappa shape index (κ2) is 8.14. The Morgan fingerprint density at radius 1 is 1.16 bits per heavy atom. The van der Waals surface area contributed by atoms with Crippen LogP contribution in [0, 0.1) is 0 Å². The predicted octanol–water partition coefficient (Wildman–Crippen LogP) is 1.72.